The standard InChI is InChI=1S/C17H22O2/c1-6-17(4)10-13-12(9-14(17)11(2)3)16(19-5)8-7-15(13)18/h6-8,14,18H,1-2,9-10H2,3-5H3. The van der Waals surface area contributed by atoms with Gasteiger partial charge in [-0.1, -0.05) is 25.2 Å². The first-order valence-corrected chi connectivity index (χ1v) is 6.59. The number of rotatable bonds is 3. The first-order valence-electron chi connectivity index (χ1n) is 6.59. The molecule has 1 aliphatic carbocycles. The van der Waals surface area contributed by atoms with E-state index >= 15 is 0 Å². The van der Waals surface area contributed by atoms with Gasteiger partial charge in [0, 0.05) is 11.1 Å². The fourth-order valence-electron chi connectivity index (χ4n) is 3.16. The summed E-state index contributed by atoms with van der Waals surface area (Å²) in [4.78, 5) is 0. The van der Waals surface area contributed by atoms with Gasteiger partial charge in [-0.15, -0.1) is 6.58 Å². The summed E-state index contributed by atoms with van der Waals surface area (Å²) in [5, 5.41) is 10.1. The van der Waals surface area contributed by atoms with Gasteiger partial charge in [-0.05, 0) is 43.2 Å². The van der Waals surface area contributed by atoms with E-state index in [0.29, 0.717) is 11.7 Å². The number of phenolic OH excluding ortho intramolecular Hbond substituents is 1. The van der Waals surface area contributed by atoms with Gasteiger partial charge in [0.25, 0.3) is 0 Å². The molecule has 0 saturated heterocycles. The van der Waals surface area contributed by atoms with E-state index in [1.807, 2.05) is 12.1 Å². The minimum Gasteiger partial charge on any atom is -0.508 e. The predicted molar refractivity (Wildman–Crippen MR) is 78.7 cm³/mol. The number of phenols is 1. The summed E-state index contributed by atoms with van der Waals surface area (Å²) in [6.45, 7) is 12.3. The van der Waals surface area contributed by atoms with Crippen molar-refractivity contribution in [2.24, 2.45) is 11.3 Å². The lowest BCUT2D eigenvalue weighted by atomic mass is 9.63. The Hall–Kier alpha value is -1.70. The molecule has 2 rings (SSSR count). The third-order valence-corrected chi connectivity index (χ3v) is 4.41. The van der Waals surface area contributed by atoms with Crippen LogP contribution in [0.1, 0.15) is 25.0 Å². The second-order valence-electron chi connectivity index (χ2n) is 5.73. The molecular weight excluding hydrogens is 236 g/mol. The summed E-state index contributed by atoms with van der Waals surface area (Å²) < 4.78 is 5.43. The second-order valence-corrected chi connectivity index (χ2v) is 5.73. The van der Waals surface area contributed by atoms with E-state index in [2.05, 4.69) is 27.0 Å². The highest BCUT2D eigenvalue weighted by Gasteiger charge is 2.39. The fraction of sp³-hybridized carbons (Fsp3) is 0.412. The molecule has 0 fully saturated rings. The fourth-order valence-corrected chi connectivity index (χ4v) is 3.16. The lowest BCUT2D eigenvalue weighted by Gasteiger charge is -2.41. The third kappa shape index (κ3) is 2.16. The van der Waals surface area contributed by atoms with Crippen LogP contribution in [0.4, 0.5) is 0 Å². The normalized spacial score (nSPS) is 25.5. The number of hydrogen-bond donors (Lipinski definition) is 1. The number of allylic oxidation sites excluding steroid dienone is 2. The molecule has 0 saturated carbocycles. The van der Waals surface area contributed by atoms with E-state index < -0.39 is 0 Å². The molecule has 1 aromatic rings. The van der Waals surface area contributed by atoms with Crippen LogP contribution in [0.3, 0.4) is 0 Å². The highest BCUT2D eigenvalue weighted by molar-refractivity contribution is 5.51. The minimum absolute atomic E-state index is 0.0668. The zero-order valence-corrected chi connectivity index (χ0v) is 12.0. The van der Waals surface area contributed by atoms with Crippen LogP contribution in [0, 0.1) is 11.3 Å². The topological polar surface area (TPSA) is 29.5 Å². The Morgan fingerprint density at radius 1 is 1.47 bits per heavy atom. The molecule has 0 bridgehead atoms. The van der Waals surface area contributed by atoms with Crippen LogP contribution in [-0.4, -0.2) is 12.2 Å². The summed E-state index contributed by atoms with van der Waals surface area (Å²) in [5.41, 5.74) is 3.18. The van der Waals surface area contributed by atoms with E-state index in [0.717, 1.165) is 35.3 Å². The van der Waals surface area contributed by atoms with E-state index in [-0.39, 0.29) is 5.41 Å². The average molecular weight is 258 g/mol. The number of methoxy groups -OCH3 is 1. The zero-order chi connectivity index (χ0) is 14.2. The Kier molecular flexibility index (Phi) is 3.44. The molecule has 19 heavy (non-hydrogen) atoms. The monoisotopic (exact) mass is 258 g/mol. The lowest BCUT2D eigenvalue weighted by Crippen LogP contribution is -2.34. The van der Waals surface area contributed by atoms with E-state index in [1.54, 1.807) is 13.2 Å². The molecule has 1 aliphatic rings. The minimum atomic E-state index is -0.0668. The van der Waals surface area contributed by atoms with E-state index in [1.165, 1.54) is 0 Å². The maximum absolute atomic E-state index is 10.1. The molecule has 102 valence electrons. The van der Waals surface area contributed by atoms with Crippen molar-refractivity contribution in [3.8, 4) is 11.5 Å². The number of fused-ring (bicyclic) bond motifs is 1. The summed E-state index contributed by atoms with van der Waals surface area (Å²) in [7, 11) is 1.67. The van der Waals surface area contributed by atoms with Crippen molar-refractivity contribution >= 4 is 0 Å². The van der Waals surface area contributed by atoms with Gasteiger partial charge in [-0.25, -0.2) is 0 Å². The van der Waals surface area contributed by atoms with Crippen LogP contribution >= 0.6 is 0 Å². The van der Waals surface area contributed by atoms with Crippen LogP contribution in [-0.2, 0) is 12.8 Å². The molecule has 2 unspecified atom stereocenters. The molecule has 2 nitrogen and oxygen atoms in total. The average Bonchev–Trinajstić information content (AvgIpc) is 2.39. The smallest absolute Gasteiger partial charge is 0.122 e. The molecule has 1 aromatic carbocycles. The van der Waals surface area contributed by atoms with Gasteiger partial charge in [0.2, 0.25) is 0 Å². The van der Waals surface area contributed by atoms with Crippen LogP contribution in [0.15, 0.2) is 36.9 Å². The SMILES string of the molecule is C=CC1(C)Cc2c(O)ccc(OC)c2CC1C(=C)C. The summed E-state index contributed by atoms with van der Waals surface area (Å²) in [6.07, 6.45) is 3.60. The van der Waals surface area contributed by atoms with Gasteiger partial charge < -0.3 is 9.84 Å². The van der Waals surface area contributed by atoms with Crippen molar-refractivity contribution in [2.45, 2.75) is 26.7 Å². The first-order chi connectivity index (χ1) is 8.92. The van der Waals surface area contributed by atoms with E-state index in [4.69, 9.17) is 4.74 Å². The number of aromatic hydroxyl groups is 1. The Morgan fingerprint density at radius 2 is 2.16 bits per heavy atom. The molecular formula is C17H22O2. The molecule has 0 spiro atoms. The Morgan fingerprint density at radius 3 is 2.68 bits per heavy atom. The Bertz CT molecular complexity index is 530. The molecule has 0 amide bonds. The van der Waals surface area contributed by atoms with Crippen LogP contribution < -0.4 is 4.74 Å². The van der Waals surface area contributed by atoms with Crippen molar-refractivity contribution in [1.29, 1.82) is 0 Å². The molecule has 1 N–H and O–H groups in total. The van der Waals surface area contributed by atoms with E-state index in [9.17, 15) is 5.11 Å². The van der Waals surface area contributed by atoms with Crippen LogP contribution in [0.2, 0.25) is 0 Å². The van der Waals surface area contributed by atoms with Gasteiger partial charge in [-0.3, -0.25) is 0 Å². The number of ether oxygens (including phenoxy) is 1. The maximum atomic E-state index is 10.1. The van der Waals surface area contributed by atoms with Gasteiger partial charge in [0.05, 0.1) is 7.11 Å². The number of hydrogen-bond acceptors (Lipinski definition) is 2. The van der Waals surface area contributed by atoms with Crippen molar-refractivity contribution in [3.05, 3.63) is 48.1 Å². The highest BCUT2D eigenvalue weighted by atomic mass is 16.5. The number of benzene rings is 1. The zero-order valence-electron chi connectivity index (χ0n) is 12.0. The molecule has 2 heteroatoms. The van der Waals surface area contributed by atoms with Gasteiger partial charge in [0.15, 0.2) is 0 Å². The first kappa shape index (κ1) is 13.7. The second kappa shape index (κ2) is 4.76. The molecule has 0 aliphatic heterocycles. The largest absolute Gasteiger partial charge is 0.508 e. The van der Waals surface area contributed by atoms with Crippen molar-refractivity contribution in [2.75, 3.05) is 7.11 Å². The van der Waals surface area contributed by atoms with Gasteiger partial charge in [0.1, 0.15) is 11.5 Å². The Labute approximate surface area is 115 Å². The molecule has 2 atom stereocenters. The van der Waals surface area contributed by atoms with Crippen molar-refractivity contribution in [3.63, 3.8) is 0 Å². The van der Waals surface area contributed by atoms with Gasteiger partial charge >= 0.3 is 0 Å². The van der Waals surface area contributed by atoms with Gasteiger partial charge in [-0.2, -0.15) is 0 Å². The predicted octanol–water partition coefficient (Wildman–Crippen LogP) is 3.88. The third-order valence-electron chi connectivity index (χ3n) is 4.41. The lowest BCUT2D eigenvalue weighted by molar-refractivity contribution is 0.262. The summed E-state index contributed by atoms with van der Waals surface area (Å²) in [5.74, 6) is 1.53. The van der Waals surface area contributed by atoms with Crippen LogP contribution in [0.5, 0.6) is 11.5 Å². The molecule has 0 radical (unpaired) electrons. The summed E-state index contributed by atoms with van der Waals surface area (Å²) >= 11 is 0. The van der Waals surface area contributed by atoms with Crippen molar-refractivity contribution in [1.82, 2.24) is 0 Å². The molecule has 0 aromatic heterocycles. The van der Waals surface area contributed by atoms with Crippen LogP contribution in [0.25, 0.3) is 0 Å². The highest BCUT2D eigenvalue weighted by Crippen LogP contribution is 2.48. The maximum Gasteiger partial charge on any atom is 0.122 e. The Balaban J connectivity index is 2.59. The summed E-state index contributed by atoms with van der Waals surface area (Å²) in [6, 6.07) is 3.54. The van der Waals surface area contributed by atoms with Crippen molar-refractivity contribution < 1.29 is 9.84 Å². The molecule has 0 heterocycles. The quantitative estimate of drug-likeness (QED) is 0.834.